The van der Waals surface area contributed by atoms with E-state index in [-0.39, 0.29) is 18.5 Å². The van der Waals surface area contributed by atoms with E-state index in [9.17, 15) is 19.8 Å². The van der Waals surface area contributed by atoms with Crippen LogP contribution in [0.4, 0.5) is 0 Å². The van der Waals surface area contributed by atoms with Gasteiger partial charge in [-0.25, -0.2) is 0 Å². The predicted molar refractivity (Wildman–Crippen MR) is 329 cm³/mol. The minimum Gasteiger partial charge on any atom is -0.466 e. The van der Waals surface area contributed by atoms with Gasteiger partial charge in [0.2, 0.25) is 5.91 Å². The smallest absolute Gasteiger partial charge is 0.305 e. The number of unbranched alkanes of at least 4 members (excludes halogenated alkanes) is 49. The number of esters is 1. The van der Waals surface area contributed by atoms with E-state index in [4.69, 9.17) is 4.74 Å². The van der Waals surface area contributed by atoms with E-state index in [2.05, 4.69) is 43.5 Å². The van der Waals surface area contributed by atoms with Crippen molar-refractivity contribution >= 4 is 11.9 Å². The molecule has 0 saturated carbocycles. The van der Waals surface area contributed by atoms with Gasteiger partial charge in [-0.1, -0.05) is 334 Å². The Morgan fingerprint density at radius 2 is 0.667 bits per heavy atom. The molecule has 0 bridgehead atoms. The van der Waals surface area contributed by atoms with E-state index in [0.717, 1.165) is 44.9 Å². The quantitative estimate of drug-likeness (QED) is 0.0320. The van der Waals surface area contributed by atoms with Crippen LogP contribution in [0.3, 0.4) is 0 Å². The second kappa shape index (κ2) is 64.9. The molecule has 0 aromatic rings. The van der Waals surface area contributed by atoms with Crippen molar-refractivity contribution in [1.29, 1.82) is 0 Å². The van der Waals surface area contributed by atoms with Crippen molar-refractivity contribution in [2.45, 2.75) is 392 Å². The Morgan fingerprint density at radius 1 is 0.373 bits per heavy atom. The molecule has 6 heteroatoms. The number of rotatable bonds is 64. The van der Waals surface area contributed by atoms with Gasteiger partial charge in [0, 0.05) is 12.8 Å². The summed E-state index contributed by atoms with van der Waals surface area (Å²) in [5.41, 5.74) is 0. The zero-order valence-electron chi connectivity index (χ0n) is 50.8. The van der Waals surface area contributed by atoms with Crippen LogP contribution in [0.5, 0.6) is 0 Å². The summed E-state index contributed by atoms with van der Waals surface area (Å²) < 4.78 is 5.49. The molecule has 0 aliphatic rings. The molecule has 0 aliphatic carbocycles. The highest BCUT2D eigenvalue weighted by molar-refractivity contribution is 5.76. The monoisotopic (exact) mass is 1060 g/mol. The van der Waals surface area contributed by atoms with Crippen molar-refractivity contribution in [2.24, 2.45) is 0 Å². The normalized spacial score (nSPS) is 12.6. The SMILES string of the molecule is CCCCCCCCCCCCCCCCCC(=O)OCCCCCCCCCCC/C=C\C/C=C\CCCCCCCCCCCCCCCCCC(=O)NC(CO)C(O)CCCCCCCCCCCCCC. The van der Waals surface area contributed by atoms with Crippen LogP contribution in [0, 0.1) is 0 Å². The van der Waals surface area contributed by atoms with Gasteiger partial charge in [-0.05, 0) is 57.8 Å². The van der Waals surface area contributed by atoms with Gasteiger partial charge >= 0.3 is 5.97 Å². The fourth-order valence-electron chi connectivity index (χ4n) is 10.8. The molecule has 2 unspecified atom stereocenters. The molecule has 0 radical (unpaired) electrons. The average molecular weight is 1060 g/mol. The summed E-state index contributed by atoms with van der Waals surface area (Å²) in [6, 6.07) is -0.540. The first-order valence-corrected chi connectivity index (χ1v) is 34.1. The molecule has 6 nitrogen and oxygen atoms in total. The molecule has 0 spiro atoms. The molecule has 1 amide bonds. The lowest BCUT2D eigenvalue weighted by Crippen LogP contribution is -2.45. The van der Waals surface area contributed by atoms with Crippen LogP contribution in [0.25, 0.3) is 0 Å². The summed E-state index contributed by atoms with van der Waals surface area (Å²) >= 11 is 0. The molecule has 0 heterocycles. The number of hydrogen-bond acceptors (Lipinski definition) is 5. The zero-order valence-corrected chi connectivity index (χ0v) is 50.8. The molecule has 0 fully saturated rings. The molecular formula is C69H133NO5. The Labute approximate surface area is 469 Å². The Morgan fingerprint density at radius 3 is 1.01 bits per heavy atom. The summed E-state index contributed by atoms with van der Waals surface area (Å²) in [5.74, 6) is -0.0165. The largest absolute Gasteiger partial charge is 0.466 e. The van der Waals surface area contributed by atoms with Gasteiger partial charge in [-0.15, -0.1) is 0 Å². The molecule has 0 aromatic heterocycles. The number of aliphatic hydroxyl groups is 2. The standard InChI is InChI=1S/C69H133NO5/c1-3-5-7-9-11-13-15-17-35-39-43-47-51-55-59-63-69(74)75-64-60-56-52-48-44-40-37-34-32-30-28-26-24-22-20-18-19-21-23-25-27-29-31-33-36-38-42-46-50-54-58-62-68(73)70-66(65-71)67(72)61-57-53-49-45-41-16-14-12-10-8-6-4-2/h20,22,26,28,66-67,71-72H,3-19,21,23-25,27,29-65H2,1-2H3,(H,70,73)/b22-20-,28-26-. The van der Waals surface area contributed by atoms with Crippen molar-refractivity contribution in [2.75, 3.05) is 13.2 Å². The topological polar surface area (TPSA) is 95.9 Å². The third-order valence-corrected chi connectivity index (χ3v) is 16.0. The average Bonchev–Trinajstić information content (AvgIpc) is 3.41. The Bertz CT molecular complexity index is 1170. The van der Waals surface area contributed by atoms with Gasteiger partial charge < -0.3 is 20.3 Å². The predicted octanol–water partition coefficient (Wildman–Crippen LogP) is 21.8. The number of carbonyl (C=O) groups is 2. The van der Waals surface area contributed by atoms with Gasteiger partial charge in [0.15, 0.2) is 0 Å². The summed E-state index contributed by atoms with van der Waals surface area (Å²) in [4.78, 5) is 24.5. The molecule has 444 valence electrons. The molecule has 2 atom stereocenters. The highest BCUT2D eigenvalue weighted by Gasteiger charge is 2.20. The maximum atomic E-state index is 12.5. The maximum Gasteiger partial charge on any atom is 0.305 e. The van der Waals surface area contributed by atoms with E-state index in [0.29, 0.717) is 25.9 Å². The number of allylic oxidation sites excluding steroid dienone is 4. The molecule has 3 N–H and O–H groups in total. The summed E-state index contributed by atoms with van der Waals surface area (Å²) in [6.07, 6.45) is 80.8. The van der Waals surface area contributed by atoms with E-state index < -0.39 is 12.1 Å². The number of hydrogen-bond donors (Lipinski definition) is 3. The minimum absolute atomic E-state index is 0.0166. The Balaban J connectivity index is 3.36. The molecular weight excluding hydrogens is 923 g/mol. The lowest BCUT2D eigenvalue weighted by atomic mass is 10.0. The molecule has 0 aliphatic heterocycles. The van der Waals surface area contributed by atoms with E-state index in [1.807, 2.05) is 0 Å². The van der Waals surface area contributed by atoms with Gasteiger partial charge in [0.25, 0.3) is 0 Å². The van der Waals surface area contributed by atoms with Crippen molar-refractivity contribution in [1.82, 2.24) is 5.32 Å². The van der Waals surface area contributed by atoms with Crippen molar-refractivity contribution in [3.05, 3.63) is 24.3 Å². The first-order chi connectivity index (χ1) is 37.0. The molecule has 75 heavy (non-hydrogen) atoms. The van der Waals surface area contributed by atoms with Crippen LogP contribution in [0.15, 0.2) is 24.3 Å². The van der Waals surface area contributed by atoms with Crippen LogP contribution in [0.2, 0.25) is 0 Å². The van der Waals surface area contributed by atoms with Crippen molar-refractivity contribution in [3.63, 3.8) is 0 Å². The van der Waals surface area contributed by atoms with E-state index in [1.54, 1.807) is 0 Å². The minimum atomic E-state index is -0.662. The van der Waals surface area contributed by atoms with Crippen LogP contribution in [-0.4, -0.2) is 47.4 Å². The zero-order chi connectivity index (χ0) is 54.3. The van der Waals surface area contributed by atoms with Crippen LogP contribution in [0.1, 0.15) is 380 Å². The van der Waals surface area contributed by atoms with E-state index >= 15 is 0 Å². The highest BCUT2D eigenvalue weighted by Crippen LogP contribution is 2.18. The summed E-state index contributed by atoms with van der Waals surface area (Å²) in [5, 5.41) is 23.2. The lowest BCUT2D eigenvalue weighted by molar-refractivity contribution is -0.143. The molecule has 0 saturated heterocycles. The second-order valence-electron chi connectivity index (χ2n) is 23.5. The fourth-order valence-corrected chi connectivity index (χ4v) is 10.8. The molecule has 0 rings (SSSR count). The highest BCUT2D eigenvalue weighted by atomic mass is 16.5. The lowest BCUT2D eigenvalue weighted by Gasteiger charge is -2.22. The number of aliphatic hydroxyl groups excluding tert-OH is 2. The van der Waals surface area contributed by atoms with E-state index in [1.165, 1.54) is 302 Å². The van der Waals surface area contributed by atoms with Crippen LogP contribution in [-0.2, 0) is 14.3 Å². The third-order valence-electron chi connectivity index (χ3n) is 16.0. The number of nitrogens with one attached hydrogen (secondary N) is 1. The first kappa shape index (κ1) is 73.3. The maximum absolute atomic E-state index is 12.5. The van der Waals surface area contributed by atoms with Gasteiger partial charge in [-0.2, -0.15) is 0 Å². The Kier molecular flexibility index (Phi) is 63.4. The summed E-state index contributed by atoms with van der Waals surface area (Å²) in [6.45, 7) is 4.97. The summed E-state index contributed by atoms with van der Waals surface area (Å²) in [7, 11) is 0. The molecule has 0 aromatic carbocycles. The van der Waals surface area contributed by atoms with Crippen LogP contribution < -0.4 is 5.32 Å². The first-order valence-electron chi connectivity index (χ1n) is 34.1. The Hall–Kier alpha value is -1.66. The van der Waals surface area contributed by atoms with Crippen LogP contribution >= 0.6 is 0 Å². The van der Waals surface area contributed by atoms with Crippen molar-refractivity contribution in [3.8, 4) is 0 Å². The second-order valence-corrected chi connectivity index (χ2v) is 23.5. The number of amides is 1. The fraction of sp³-hybridized carbons (Fsp3) is 0.913. The van der Waals surface area contributed by atoms with Crippen molar-refractivity contribution < 1.29 is 24.5 Å². The number of carbonyl (C=O) groups excluding carboxylic acids is 2. The third kappa shape index (κ3) is 61.4. The van der Waals surface area contributed by atoms with Gasteiger partial charge in [-0.3, -0.25) is 9.59 Å². The van der Waals surface area contributed by atoms with Gasteiger partial charge in [0.1, 0.15) is 0 Å². The number of ether oxygens (including phenoxy) is 1. The van der Waals surface area contributed by atoms with Gasteiger partial charge in [0.05, 0.1) is 25.4 Å².